The Bertz CT molecular complexity index is 745. The molecule has 1 aliphatic heterocycles. The Morgan fingerprint density at radius 1 is 1.22 bits per heavy atom. The molecule has 3 N–H and O–H groups in total. The summed E-state index contributed by atoms with van der Waals surface area (Å²) in [7, 11) is 0. The molecule has 0 atom stereocenters. The number of nitrogens with zero attached hydrogens (tertiary/aromatic N) is 3. The highest BCUT2D eigenvalue weighted by Crippen LogP contribution is 2.23. The van der Waals surface area contributed by atoms with Gasteiger partial charge in [-0.15, -0.1) is 0 Å². The molecule has 0 radical (unpaired) electrons. The van der Waals surface area contributed by atoms with Gasteiger partial charge in [0.1, 0.15) is 5.75 Å². The number of nitro benzene ring substituents is 1. The van der Waals surface area contributed by atoms with Gasteiger partial charge in [-0.1, -0.05) is 0 Å². The number of nitro groups is 1. The third-order valence-electron chi connectivity index (χ3n) is 4.19. The van der Waals surface area contributed by atoms with E-state index >= 15 is 0 Å². The number of carbonyl (C=O) groups excluding carboxylic acids is 3. The second-order valence-corrected chi connectivity index (χ2v) is 5.95. The van der Waals surface area contributed by atoms with Crippen molar-refractivity contribution in [3.63, 3.8) is 0 Å². The Labute approximate surface area is 155 Å². The van der Waals surface area contributed by atoms with E-state index in [1.54, 1.807) is 23.3 Å². The number of amides is 3. The molecule has 27 heavy (non-hydrogen) atoms. The fourth-order valence-corrected chi connectivity index (χ4v) is 2.70. The van der Waals surface area contributed by atoms with Crippen molar-refractivity contribution in [3.05, 3.63) is 33.9 Å². The minimum atomic E-state index is -0.887. The van der Waals surface area contributed by atoms with Gasteiger partial charge in [0, 0.05) is 37.8 Å². The maximum atomic E-state index is 12.2. The molecule has 3 amide bonds. The molecular weight excluding hydrogens is 358 g/mol. The number of hydrazine groups is 1. The third kappa shape index (κ3) is 5.14. The fourth-order valence-electron chi connectivity index (χ4n) is 2.70. The Hall–Kier alpha value is -3.21. The van der Waals surface area contributed by atoms with Crippen molar-refractivity contribution in [3.8, 4) is 5.75 Å². The molecule has 0 aromatic heterocycles. The van der Waals surface area contributed by atoms with Crippen molar-refractivity contribution in [2.24, 2.45) is 5.84 Å². The normalized spacial score (nSPS) is 13.9. The summed E-state index contributed by atoms with van der Waals surface area (Å²) in [6, 6.07) is 4.40. The van der Waals surface area contributed by atoms with Gasteiger partial charge in [-0.3, -0.25) is 29.9 Å². The van der Waals surface area contributed by atoms with E-state index in [2.05, 4.69) is 0 Å². The van der Waals surface area contributed by atoms with Crippen LogP contribution in [0.3, 0.4) is 0 Å². The maximum Gasteiger partial charge on any atom is 0.323 e. The van der Waals surface area contributed by atoms with Crippen LogP contribution in [0.4, 0.5) is 5.69 Å². The average molecular weight is 379 g/mol. The first-order valence-corrected chi connectivity index (χ1v) is 8.29. The van der Waals surface area contributed by atoms with Crippen LogP contribution in [0, 0.1) is 17.0 Å². The van der Waals surface area contributed by atoms with Crippen molar-refractivity contribution in [1.29, 1.82) is 0 Å². The van der Waals surface area contributed by atoms with E-state index in [1.807, 2.05) is 0 Å². The molecule has 1 saturated heterocycles. The molecule has 1 aromatic carbocycles. The minimum Gasteiger partial charge on any atom is -0.493 e. The topological polar surface area (TPSA) is 148 Å². The lowest BCUT2D eigenvalue weighted by Gasteiger charge is -2.34. The van der Waals surface area contributed by atoms with Crippen molar-refractivity contribution >= 4 is 23.4 Å². The van der Waals surface area contributed by atoms with Crippen molar-refractivity contribution in [2.75, 3.05) is 32.8 Å². The number of benzene rings is 1. The van der Waals surface area contributed by atoms with Crippen LogP contribution < -0.4 is 16.0 Å². The van der Waals surface area contributed by atoms with Crippen LogP contribution >= 0.6 is 0 Å². The summed E-state index contributed by atoms with van der Waals surface area (Å²) in [5, 5.41) is 10.8. The smallest absolute Gasteiger partial charge is 0.323 e. The number of nitrogens with one attached hydrogen (secondary N) is 1. The highest BCUT2D eigenvalue weighted by molar-refractivity contribution is 6.34. The van der Waals surface area contributed by atoms with Crippen molar-refractivity contribution < 1.29 is 24.0 Å². The predicted molar refractivity (Wildman–Crippen MR) is 93.4 cm³/mol. The summed E-state index contributed by atoms with van der Waals surface area (Å²) in [5.74, 6) is 3.64. The number of carbonyl (C=O) groups is 3. The maximum absolute atomic E-state index is 12.2. The SMILES string of the molecule is Cc1cc(OCCC(=O)N2CCN(C(=O)C(=O)NN)CC2)ccc1[N+](=O)[O-]. The van der Waals surface area contributed by atoms with Gasteiger partial charge in [0.2, 0.25) is 5.91 Å². The first-order valence-electron chi connectivity index (χ1n) is 8.29. The quantitative estimate of drug-likeness (QED) is 0.227. The molecule has 0 unspecified atom stereocenters. The lowest BCUT2D eigenvalue weighted by Crippen LogP contribution is -2.54. The van der Waals surface area contributed by atoms with Gasteiger partial charge in [0.05, 0.1) is 18.0 Å². The number of aryl methyl sites for hydroxylation is 1. The van der Waals surface area contributed by atoms with E-state index in [0.29, 0.717) is 24.4 Å². The van der Waals surface area contributed by atoms with Crippen LogP contribution in [-0.4, -0.2) is 65.2 Å². The highest BCUT2D eigenvalue weighted by atomic mass is 16.6. The van der Waals surface area contributed by atoms with Crippen LogP contribution in [0.15, 0.2) is 18.2 Å². The zero-order valence-corrected chi connectivity index (χ0v) is 14.8. The standard InChI is InChI=1S/C16H21N5O6/c1-11-10-12(2-3-13(11)21(25)26)27-9-4-14(22)19-5-7-20(8-6-19)16(24)15(23)18-17/h2-3,10H,4-9,17H2,1H3,(H,18,23). The van der Waals surface area contributed by atoms with Gasteiger partial charge in [-0.2, -0.15) is 0 Å². The lowest BCUT2D eigenvalue weighted by atomic mass is 10.2. The molecule has 1 aliphatic rings. The summed E-state index contributed by atoms with van der Waals surface area (Å²) in [4.78, 5) is 48.4. The minimum absolute atomic E-state index is 0.00848. The van der Waals surface area contributed by atoms with E-state index in [0.717, 1.165) is 0 Å². The van der Waals surface area contributed by atoms with Crippen LogP contribution in [0.25, 0.3) is 0 Å². The van der Waals surface area contributed by atoms with Gasteiger partial charge in [-0.05, 0) is 19.1 Å². The summed E-state index contributed by atoms with van der Waals surface area (Å²) < 4.78 is 5.49. The van der Waals surface area contributed by atoms with Gasteiger partial charge >= 0.3 is 11.8 Å². The predicted octanol–water partition coefficient (Wildman–Crippen LogP) is -0.667. The van der Waals surface area contributed by atoms with Gasteiger partial charge in [0.25, 0.3) is 5.69 Å². The molecular formula is C16H21N5O6. The summed E-state index contributed by atoms with van der Waals surface area (Å²) in [6.07, 6.45) is 0.132. The van der Waals surface area contributed by atoms with Crippen LogP contribution in [-0.2, 0) is 14.4 Å². The number of hydrogen-bond acceptors (Lipinski definition) is 7. The van der Waals surface area contributed by atoms with Gasteiger partial charge in [0.15, 0.2) is 0 Å². The van der Waals surface area contributed by atoms with Crippen LogP contribution in [0.1, 0.15) is 12.0 Å². The molecule has 2 rings (SSSR count). The Balaban J connectivity index is 1.77. The summed E-state index contributed by atoms with van der Waals surface area (Å²) >= 11 is 0. The van der Waals surface area contributed by atoms with E-state index < -0.39 is 16.7 Å². The number of hydrogen-bond donors (Lipinski definition) is 2. The molecule has 11 heteroatoms. The van der Waals surface area contributed by atoms with Crippen molar-refractivity contribution in [1.82, 2.24) is 15.2 Å². The third-order valence-corrected chi connectivity index (χ3v) is 4.19. The first kappa shape index (κ1) is 20.1. The zero-order chi connectivity index (χ0) is 20.0. The summed E-state index contributed by atoms with van der Waals surface area (Å²) in [6.45, 7) is 2.88. The molecule has 1 heterocycles. The number of nitrogens with two attached hydrogens (primary N) is 1. The first-order chi connectivity index (χ1) is 12.8. The Morgan fingerprint density at radius 3 is 2.41 bits per heavy atom. The molecule has 1 fully saturated rings. The number of piperazine rings is 1. The largest absolute Gasteiger partial charge is 0.493 e. The lowest BCUT2D eigenvalue weighted by molar-refractivity contribution is -0.385. The van der Waals surface area contributed by atoms with Crippen molar-refractivity contribution in [2.45, 2.75) is 13.3 Å². The molecule has 0 bridgehead atoms. The zero-order valence-electron chi connectivity index (χ0n) is 14.8. The van der Waals surface area contributed by atoms with Crippen LogP contribution in [0.5, 0.6) is 5.75 Å². The fraction of sp³-hybridized carbons (Fsp3) is 0.438. The van der Waals surface area contributed by atoms with E-state index in [9.17, 15) is 24.5 Å². The highest BCUT2D eigenvalue weighted by Gasteiger charge is 2.27. The van der Waals surface area contributed by atoms with E-state index in [-0.39, 0.29) is 37.7 Å². The number of rotatable bonds is 5. The molecule has 0 aliphatic carbocycles. The molecule has 146 valence electrons. The average Bonchev–Trinajstić information content (AvgIpc) is 2.66. The second-order valence-electron chi connectivity index (χ2n) is 5.95. The molecule has 1 aromatic rings. The van der Waals surface area contributed by atoms with E-state index in [4.69, 9.17) is 10.6 Å². The monoisotopic (exact) mass is 379 g/mol. The number of ether oxygens (including phenoxy) is 1. The molecule has 0 spiro atoms. The molecule has 11 nitrogen and oxygen atoms in total. The van der Waals surface area contributed by atoms with E-state index in [1.165, 1.54) is 17.0 Å². The van der Waals surface area contributed by atoms with Crippen LogP contribution in [0.2, 0.25) is 0 Å². The second kappa shape index (κ2) is 8.94. The van der Waals surface area contributed by atoms with Gasteiger partial charge < -0.3 is 14.5 Å². The van der Waals surface area contributed by atoms with Gasteiger partial charge in [-0.25, -0.2) is 5.84 Å². The Kier molecular flexibility index (Phi) is 6.66. The summed E-state index contributed by atoms with van der Waals surface area (Å²) in [5.41, 5.74) is 2.27. The Morgan fingerprint density at radius 2 is 1.85 bits per heavy atom. The molecule has 0 saturated carbocycles.